The van der Waals surface area contributed by atoms with Gasteiger partial charge in [0.2, 0.25) is 0 Å². The molecule has 2 saturated heterocycles. The molecule has 0 aromatic rings. The van der Waals surface area contributed by atoms with Crippen molar-refractivity contribution < 1.29 is 14.6 Å². The zero-order chi connectivity index (χ0) is 18.6. The molecule has 0 aromatic heterocycles. The molecule has 0 spiro atoms. The smallest absolute Gasteiger partial charge is 0.407 e. The Labute approximate surface area is 152 Å². The van der Waals surface area contributed by atoms with Crippen molar-refractivity contribution in [2.24, 2.45) is 11.8 Å². The highest BCUT2D eigenvalue weighted by molar-refractivity contribution is 5.68. The Kier molecular flexibility index (Phi) is 7.11. The molecule has 2 aliphatic heterocycles. The van der Waals surface area contributed by atoms with Gasteiger partial charge in [-0.25, -0.2) is 4.79 Å². The second kappa shape index (κ2) is 8.69. The predicted molar refractivity (Wildman–Crippen MR) is 99.6 cm³/mol. The molecule has 0 bridgehead atoms. The van der Waals surface area contributed by atoms with Crippen LogP contribution in [0.3, 0.4) is 0 Å². The predicted octanol–water partition coefficient (Wildman–Crippen LogP) is 1.92. The molecule has 0 saturated carbocycles. The average molecular weight is 356 g/mol. The second-order valence-corrected chi connectivity index (χ2v) is 8.97. The third kappa shape index (κ3) is 6.76. The van der Waals surface area contributed by atoms with Crippen molar-refractivity contribution in [2.75, 3.05) is 39.3 Å². The number of nitrogens with one attached hydrogen (secondary N) is 1. The van der Waals surface area contributed by atoms with E-state index in [9.17, 15) is 9.90 Å². The summed E-state index contributed by atoms with van der Waals surface area (Å²) >= 11 is 0. The van der Waals surface area contributed by atoms with Crippen LogP contribution in [0.2, 0.25) is 0 Å². The topological polar surface area (TPSA) is 65.0 Å². The van der Waals surface area contributed by atoms with Crippen molar-refractivity contribution in [3.8, 4) is 0 Å². The maximum atomic E-state index is 11.9. The number of amides is 1. The molecule has 1 amide bonds. The molecule has 2 fully saturated rings. The number of alkyl carbamates (subject to hydrolysis) is 1. The first-order valence-corrected chi connectivity index (χ1v) is 9.76. The maximum absolute atomic E-state index is 11.9. The summed E-state index contributed by atoms with van der Waals surface area (Å²) in [7, 11) is 0. The third-order valence-corrected chi connectivity index (χ3v) is 5.30. The van der Waals surface area contributed by atoms with Crippen LogP contribution in [-0.4, -0.2) is 78.0 Å². The number of likely N-dealkylation sites (tertiary alicyclic amines) is 2. The molecule has 2 rings (SSSR count). The first-order valence-electron chi connectivity index (χ1n) is 9.76. The molecule has 0 aromatic carbocycles. The molecule has 0 aliphatic carbocycles. The second-order valence-electron chi connectivity index (χ2n) is 8.97. The van der Waals surface area contributed by atoms with Crippen molar-refractivity contribution in [1.29, 1.82) is 0 Å². The highest BCUT2D eigenvalue weighted by Crippen LogP contribution is 2.22. The zero-order valence-corrected chi connectivity index (χ0v) is 16.6. The van der Waals surface area contributed by atoms with Crippen LogP contribution in [0.15, 0.2) is 0 Å². The molecule has 146 valence electrons. The fourth-order valence-electron chi connectivity index (χ4n) is 3.91. The standard InChI is InChI=1S/C19H37N3O3/c1-14-12-22(13-15(2)17(14)23)11-10-21-8-6-16(7-9-21)20-18(24)25-19(3,4)5/h14-17,23H,6-13H2,1-5H3,(H,20,24). The summed E-state index contributed by atoms with van der Waals surface area (Å²) < 4.78 is 5.33. The van der Waals surface area contributed by atoms with Crippen molar-refractivity contribution >= 4 is 6.09 Å². The van der Waals surface area contributed by atoms with Crippen molar-refractivity contribution in [2.45, 2.75) is 65.2 Å². The number of carbonyl (C=O) groups excluding carboxylic acids is 1. The first-order chi connectivity index (χ1) is 11.6. The van der Waals surface area contributed by atoms with E-state index in [2.05, 4.69) is 29.0 Å². The summed E-state index contributed by atoms with van der Waals surface area (Å²) in [6.45, 7) is 16.1. The Balaban J connectivity index is 1.65. The van der Waals surface area contributed by atoms with E-state index in [1.807, 2.05) is 20.8 Å². The summed E-state index contributed by atoms with van der Waals surface area (Å²) in [5.74, 6) is 0.708. The van der Waals surface area contributed by atoms with Crippen molar-refractivity contribution in [3.63, 3.8) is 0 Å². The Bertz CT molecular complexity index is 418. The van der Waals surface area contributed by atoms with Crippen LogP contribution in [0, 0.1) is 11.8 Å². The van der Waals surface area contributed by atoms with Gasteiger partial charge in [-0.2, -0.15) is 0 Å². The van der Waals surface area contributed by atoms with Crippen LogP contribution in [0.1, 0.15) is 47.5 Å². The normalized spacial score (nSPS) is 30.2. The lowest BCUT2D eigenvalue weighted by molar-refractivity contribution is -0.0110. The maximum Gasteiger partial charge on any atom is 0.407 e. The molecular formula is C19H37N3O3. The van der Waals surface area contributed by atoms with Gasteiger partial charge in [0.05, 0.1) is 6.10 Å². The quantitative estimate of drug-likeness (QED) is 0.807. The van der Waals surface area contributed by atoms with Crippen LogP contribution in [0.25, 0.3) is 0 Å². The lowest BCUT2D eigenvalue weighted by Gasteiger charge is -2.40. The highest BCUT2D eigenvalue weighted by atomic mass is 16.6. The number of rotatable bonds is 4. The lowest BCUT2D eigenvalue weighted by atomic mass is 9.88. The van der Waals surface area contributed by atoms with Gasteiger partial charge in [-0.15, -0.1) is 0 Å². The van der Waals surface area contributed by atoms with Gasteiger partial charge in [0, 0.05) is 45.3 Å². The number of nitrogens with zero attached hydrogens (tertiary/aromatic N) is 2. The molecule has 2 atom stereocenters. The summed E-state index contributed by atoms with van der Waals surface area (Å²) in [6.07, 6.45) is 1.49. The van der Waals surface area contributed by atoms with Crippen LogP contribution in [-0.2, 0) is 4.74 Å². The average Bonchev–Trinajstić information content (AvgIpc) is 2.50. The van der Waals surface area contributed by atoms with E-state index >= 15 is 0 Å². The van der Waals surface area contributed by atoms with Gasteiger partial charge in [-0.1, -0.05) is 13.8 Å². The van der Waals surface area contributed by atoms with Crippen molar-refractivity contribution in [3.05, 3.63) is 0 Å². The van der Waals surface area contributed by atoms with Crippen LogP contribution in [0.4, 0.5) is 4.79 Å². The molecule has 2 heterocycles. The third-order valence-electron chi connectivity index (χ3n) is 5.30. The van der Waals surface area contributed by atoms with Gasteiger partial charge in [0.25, 0.3) is 0 Å². The van der Waals surface area contributed by atoms with Crippen LogP contribution < -0.4 is 5.32 Å². The van der Waals surface area contributed by atoms with E-state index in [-0.39, 0.29) is 18.2 Å². The Morgan fingerprint density at radius 2 is 1.60 bits per heavy atom. The Morgan fingerprint density at radius 3 is 2.12 bits per heavy atom. The molecule has 2 unspecified atom stereocenters. The summed E-state index contributed by atoms with van der Waals surface area (Å²) in [5, 5.41) is 13.1. The van der Waals surface area contributed by atoms with Gasteiger partial charge < -0.3 is 25.0 Å². The number of carbonyl (C=O) groups is 1. The van der Waals surface area contributed by atoms with E-state index in [0.717, 1.165) is 52.1 Å². The van der Waals surface area contributed by atoms with Crippen LogP contribution in [0.5, 0.6) is 0 Å². The van der Waals surface area contributed by atoms with Gasteiger partial charge >= 0.3 is 6.09 Å². The molecule has 6 heteroatoms. The van der Waals surface area contributed by atoms with Crippen molar-refractivity contribution in [1.82, 2.24) is 15.1 Å². The molecule has 25 heavy (non-hydrogen) atoms. The van der Waals surface area contributed by atoms with E-state index < -0.39 is 5.60 Å². The Hall–Kier alpha value is -0.850. The van der Waals surface area contributed by atoms with Gasteiger partial charge in [0.1, 0.15) is 5.60 Å². The minimum absolute atomic E-state index is 0.161. The summed E-state index contributed by atoms with van der Waals surface area (Å²) in [4.78, 5) is 16.8. The fraction of sp³-hybridized carbons (Fsp3) is 0.947. The number of aliphatic hydroxyl groups excluding tert-OH is 1. The number of aliphatic hydroxyl groups is 1. The molecule has 2 N–H and O–H groups in total. The first kappa shape index (κ1) is 20.5. The van der Waals surface area contributed by atoms with Crippen LogP contribution >= 0.6 is 0 Å². The van der Waals surface area contributed by atoms with E-state index in [0.29, 0.717) is 11.8 Å². The molecule has 2 aliphatic rings. The number of hydrogen-bond acceptors (Lipinski definition) is 5. The monoisotopic (exact) mass is 355 g/mol. The van der Waals surface area contributed by atoms with E-state index in [1.54, 1.807) is 0 Å². The number of piperidine rings is 2. The Morgan fingerprint density at radius 1 is 1.08 bits per heavy atom. The number of ether oxygens (including phenoxy) is 1. The minimum Gasteiger partial charge on any atom is -0.444 e. The molecule has 0 radical (unpaired) electrons. The minimum atomic E-state index is -0.443. The SMILES string of the molecule is CC1CN(CCN2CCC(NC(=O)OC(C)(C)C)CC2)CC(C)C1O. The summed E-state index contributed by atoms with van der Waals surface area (Å²) in [5.41, 5.74) is -0.443. The van der Waals surface area contributed by atoms with Gasteiger partial charge in [-0.3, -0.25) is 0 Å². The number of hydrogen-bond donors (Lipinski definition) is 2. The largest absolute Gasteiger partial charge is 0.444 e. The molecule has 6 nitrogen and oxygen atoms in total. The van der Waals surface area contributed by atoms with Gasteiger partial charge in [0.15, 0.2) is 0 Å². The fourth-order valence-corrected chi connectivity index (χ4v) is 3.91. The summed E-state index contributed by atoms with van der Waals surface area (Å²) in [6, 6.07) is 0.219. The van der Waals surface area contributed by atoms with Gasteiger partial charge in [-0.05, 0) is 45.4 Å². The highest BCUT2D eigenvalue weighted by Gasteiger charge is 2.30. The molecular weight excluding hydrogens is 318 g/mol. The zero-order valence-electron chi connectivity index (χ0n) is 16.6. The van der Waals surface area contributed by atoms with E-state index in [1.165, 1.54) is 0 Å². The lowest BCUT2D eigenvalue weighted by Crippen LogP contribution is -2.51. The van der Waals surface area contributed by atoms with E-state index in [4.69, 9.17) is 4.74 Å².